The molecule has 1 rings (SSSR count). The van der Waals surface area contributed by atoms with Gasteiger partial charge in [0.1, 0.15) is 0 Å². The van der Waals surface area contributed by atoms with Gasteiger partial charge in [-0.05, 0) is 19.8 Å². The lowest BCUT2D eigenvalue weighted by Gasteiger charge is -2.18. The molecule has 1 heterocycles. The molecule has 6 nitrogen and oxygen atoms in total. The van der Waals surface area contributed by atoms with E-state index in [9.17, 15) is 14.7 Å². The minimum absolute atomic E-state index is 0.0743. The van der Waals surface area contributed by atoms with Gasteiger partial charge in [-0.25, -0.2) is 4.79 Å². The summed E-state index contributed by atoms with van der Waals surface area (Å²) < 4.78 is 5.26. The molecule has 0 aromatic rings. The number of rotatable bonds is 5. The van der Waals surface area contributed by atoms with Crippen LogP contribution in [0, 0.1) is 0 Å². The first-order valence-electron chi connectivity index (χ1n) is 5.26. The summed E-state index contributed by atoms with van der Waals surface area (Å²) in [6, 6.07) is 0. The van der Waals surface area contributed by atoms with E-state index in [0.29, 0.717) is 6.61 Å². The van der Waals surface area contributed by atoms with Gasteiger partial charge in [-0.1, -0.05) is 0 Å². The van der Waals surface area contributed by atoms with Crippen LogP contribution >= 0.6 is 0 Å². The van der Waals surface area contributed by atoms with E-state index in [1.807, 2.05) is 0 Å². The van der Waals surface area contributed by atoms with Gasteiger partial charge in [-0.3, -0.25) is 4.79 Å². The number of nitrogens with one attached hydrogen (secondary N) is 1. The molecule has 0 radical (unpaired) electrons. The summed E-state index contributed by atoms with van der Waals surface area (Å²) >= 11 is 0. The normalized spacial score (nSPS) is 23.8. The number of carbonyl (C=O) groups excluding carboxylic acids is 1. The van der Waals surface area contributed by atoms with E-state index >= 15 is 0 Å². The van der Waals surface area contributed by atoms with Crippen LogP contribution in [0.2, 0.25) is 0 Å². The average Bonchev–Trinajstić information content (AvgIpc) is 2.67. The van der Waals surface area contributed by atoms with Crippen molar-refractivity contribution in [2.45, 2.75) is 37.9 Å². The van der Waals surface area contributed by atoms with E-state index < -0.39 is 11.6 Å². The minimum atomic E-state index is -1.92. The molecule has 0 saturated carbocycles. The van der Waals surface area contributed by atoms with Gasteiger partial charge in [0.2, 0.25) is 5.91 Å². The maximum atomic E-state index is 11.4. The van der Waals surface area contributed by atoms with E-state index in [4.69, 9.17) is 9.84 Å². The van der Waals surface area contributed by atoms with Crippen molar-refractivity contribution in [1.82, 2.24) is 5.32 Å². The zero-order valence-corrected chi connectivity index (χ0v) is 9.23. The lowest BCUT2D eigenvalue weighted by Crippen LogP contribution is -2.47. The summed E-state index contributed by atoms with van der Waals surface area (Å²) in [6.45, 7) is 1.51. The van der Waals surface area contributed by atoms with Gasteiger partial charge < -0.3 is 20.3 Å². The number of carbonyl (C=O) groups is 2. The first-order valence-corrected chi connectivity index (χ1v) is 5.26. The van der Waals surface area contributed by atoms with Crippen LogP contribution in [0.4, 0.5) is 0 Å². The molecule has 2 unspecified atom stereocenters. The molecule has 0 aliphatic carbocycles. The standard InChI is InChI=1S/C10H17NO5/c1-10(15,9(13)14)6-11-8(12)5-7-3-2-4-16-7/h7,15H,2-6H2,1H3,(H,11,12)(H,13,14). The second-order valence-electron chi connectivity index (χ2n) is 4.19. The molecule has 2 atom stereocenters. The highest BCUT2D eigenvalue weighted by Gasteiger charge is 2.30. The monoisotopic (exact) mass is 231 g/mol. The number of carboxylic acids is 1. The van der Waals surface area contributed by atoms with Crippen LogP contribution in [0.3, 0.4) is 0 Å². The Morgan fingerprint density at radius 2 is 2.25 bits per heavy atom. The van der Waals surface area contributed by atoms with Gasteiger partial charge in [-0.2, -0.15) is 0 Å². The lowest BCUT2D eigenvalue weighted by molar-refractivity contribution is -0.156. The molecular weight excluding hydrogens is 214 g/mol. The summed E-state index contributed by atoms with van der Waals surface area (Å²) in [6.07, 6.45) is 1.94. The number of amides is 1. The number of hydrogen-bond donors (Lipinski definition) is 3. The fraction of sp³-hybridized carbons (Fsp3) is 0.800. The number of aliphatic hydroxyl groups is 1. The van der Waals surface area contributed by atoms with Crippen LogP contribution in [0.15, 0.2) is 0 Å². The topological polar surface area (TPSA) is 95.9 Å². The fourth-order valence-corrected chi connectivity index (χ4v) is 1.43. The smallest absolute Gasteiger partial charge is 0.337 e. The highest BCUT2D eigenvalue weighted by molar-refractivity contribution is 5.80. The van der Waals surface area contributed by atoms with Crippen LogP contribution in [-0.4, -0.2) is 46.9 Å². The molecule has 3 N–H and O–H groups in total. The molecule has 0 bridgehead atoms. The van der Waals surface area contributed by atoms with Crippen molar-refractivity contribution in [3.63, 3.8) is 0 Å². The molecule has 0 aromatic heterocycles. The van der Waals surface area contributed by atoms with Gasteiger partial charge in [0.05, 0.1) is 19.1 Å². The summed E-state index contributed by atoms with van der Waals surface area (Å²) in [5, 5.41) is 20.3. The molecule has 1 aliphatic rings. The van der Waals surface area contributed by atoms with Crippen LogP contribution < -0.4 is 5.32 Å². The van der Waals surface area contributed by atoms with Crippen LogP contribution in [0.5, 0.6) is 0 Å². The third kappa shape index (κ3) is 3.79. The Bertz CT molecular complexity index is 270. The molecule has 1 aliphatic heterocycles. The summed E-state index contributed by atoms with van der Waals surface area (Å²) in [5.41, 5.74) is -1.92. The van der Waals surface area contributed by atoms with Crippen LogP contribution in [0.25, 0.3) is 0 Å². The van der Waals surface area contributed by atoms with Crippen LogP contribution in [0.1, 0.15) is 26.2 Å². The molecule has 16 heavy (non-hydrogen) atoms. The highest BCUT2D eigenvalue weighted by Crippen LogP contribution is 2.15. The maximum absolute atomic E-state index is 11.4. The zero-order chi connectivity index (χ0) is 12.2. The minimum Gasteiger partial charge on any atom is -0.479 e. The second-order valence-corrected chi connectivity index (χ2v) is 4.19. The number of carboxylic acid groups (broad SMARTS) is 1. The number of hydrogen-bond acceptors (Lipinski definition) is 4. The Morgan fingerprint density at radius 1 is 1.56 bits per heavy atom. The molecule has 1 amide bonds. The van der Waals surface area contributed by atoms with Crippen molar-refractivity contribution < 1.29 is 24.5 Å². The average molecular weight is 231 g/mol. The lowest BCUT2D eigenvalue weighted by atomic mass is 10.1. The molecule has 1 fully saturated rings. The third-order valence-electron chi connectivity index (χ3n) is 2.53. The van der Waals surface area contributed by atoms with Crippen molar-refractivity contribution in [2.24, 2.45) is 0 Å². The van der Waals surface area contributed by atoms with E-state index in [1.54, 1.807) is 0 Å². The van der Waals surface area contributed by atoms with Gasteiger partial charge in [0.15, 0.2) is 5.60 Å². The molecule has 1 saturated heterocycles. The Balaban J connectivity index is 2.26. The fourth-order valence-electron chi connectivity index (χ4n) is 1.43. The third-order valence-corrected chi connectivity index (χ3v) is 2.53. The quantitative estimate of drug-likeness (QED) is 0.593. The van der Waals surface area contributed by atoms with Gasteiger partial charge in [0.25, 0.3) is 0 Å². The maximum Gasteiger partial charge on any atom is 0.337 e. The van der Waals surface area contributed by atoms with E-state index in [2.05, 4.69) is 5.32 Å². The summed E-state index contributed by atoms with van der Waals surface area (Å²) in [5.74, 6) is -1.65. The molecular formula is C10H17NO5. The summed E-state index contributed by atoms with van der Waals surface area (Å²) in [7, 11) is 0. The van der Waals surface area contributed by atoms with Gasteiger partial charge in [-0.15, -0.1) is 0 Å². The van der Waals surface area contributed by atoms with E-state index in [0.717, 1.165) is 19.8 Å². The number of ether oxygens (including phenoxy) is 1. The van der Waals surface area contributed by atoms with Crippen LogP contribution in [-0.2, 0) is 14.3 Å². The van der Waals surface area contributed by atoms with Crippen molar-refractivity contribution in [1.29, 1.82) is 0 Å². The predicted octanol–water partition coefficient (Wildman–Crippen LogP) is -0.493. The molecule has 6 heteroatoms. The van der Waals surface area contributed by atoms with Crippen molar-refractivity contribution in [2.75, 3.05) is 13.2 Å². The predicted molar refractivity (Wildman–Crippen MR) is 54.9 cm³/mol. The molecule has 0 spiro atoms. The molecule has 0 aromatic carbocycles. The zero-order valence-electron chi connectivity index (χ0n) is 9.23. The Hall–Kier alpha value is -1.14. The largest absolute Gasteiger partial charge is 0.479 e. The Kier molecular flexibility index (Phi) is 4.26. The molecule has 92 valence electrons. The Labute approximate surface area is 93.6 Å². The highest BCUT2D eigenvalue weighted by atomic mass is 16.5. The first kappa shape index (κ1) is 12.9. The second kappa shape index (κ2) is 5.27. The summed E-state index contributed by atoms with van der Waals surface area (Å²) in [4.78, 5) is 21.9. The SMILES string of the molecule is CC(O)(CNC(=O)CC1CCCO1)C(=O)O. The number of aliphatic carboxylic acids is 1. The van der Waals surface area contributed by atoms with Gasteiger partial charge >= 0.3 is 5.97 Å². The Morgan fingerprint density at radius 3 is 2.75 bits per heavy atom. The van der Waals surface area contributed by atoms with Gasteiger partial charge in [0, 0.05) is 6.61 Å². The van der Waals surface area contributed by atoms with Crippen molar-refractivity contribution in [3.05, 3.63) is 0 Å². The van der Waals surface area contributed by atoms with Crippen molar-refractivity contribution >= 4 is 11.9 Å². The van der Waals surface area contributed by atoms with Crippen molar-refractivity contribution in [3.8, 4) is 0 Å². The van der Waals surface area contributed by atoms with E-state index in [-0.39, 0.29) is 25.0 Å². The van der Waals surface area contributed by atoms with E-state index in [1.165, 1.54) is 0 Å². The first-order chi connectivity index (χ1) is 7.42.